The molecule has 0 aliphatic carbocycles. The number of hydrogen-bond donors (Lipinski definition) is 0. The van der Waals surface area contributed by atoms with Crippen LogP contribution in [-0.4, -0.2) is 61.6 Å². The zero-order valence-electron chi connectivity index (χ0n) is 14.2. The number of aromatic nitrogens is 2. The molecular weight excluding hydrogens is 340 g/mol. The van der Waals surface area contributed by atoms with Gasteiger partial charge in [0.2, 0.25) is 0 Å². The number of anilines is 1. The lowest BCUT2D eigenvalue weighted by Gasteiger charge is -2.35. The second-order valence-electron chi connectivity index (χ2n) is 6.09. The number of hydrogen-bond acceptors (Lipinski definition) is 6. The van der Waals surface area contributed by atoms with E-state index in [1.54, 1.807) is 29.6 Å². The quantitative estimate of drug-likeness (QED) is 0.816. The summed E-state index contributed by atoms with van der Waals surface area (Å²) in [6.45, 7) is 4.25. The van der Waals surface area contributed by atoms with Crippen molar-refractivity contribution in [1.29, 1.82) is 0 Å². The SMILES string of the molecule is Cc1ccc(S(C)(=O)=O)cc1C(=O)N1CCN(c2cnccn2)CC1. The molecule has 25 heavy (non-hydrogen) atoms. The number of sulfone groups is 1. The normalized spacial score (nSPS) is 15.3. The number of amides is 1. The average molecular weight is 360 g/mol. The van der Waals surface area contributed by atoms with E-state index in [4.69, 9.17) is 0 Å². The van der Waals surface area contributed by atoms with Gasteiger partial charge in [0.05, 0.1) is 11.1 Å². The fourth-order valence-corrected chi connectivity index (χ4v) is 3.47. The van der Waals surface area contributed by atoms with Crippen LogP contribution in [0.5, 0.6) is 0 Å². The van der Waals surface area contributed by atoms with Crippen molar-refractivity contribution in [3.8, 4) is 0 Å². The van der Waals surface area contributed by atoms with E-state index in [0.29, 0.717) is 31.7 Å². The second-order valence-corrected chi connectivity index (χ2v) is 8.11. The van der Waals surface area contributed by atoms with Gasteiger partial charge in [-0.2, -0.15) is 0 Å². The maximum absolute atomic E-state index is 12.8. The third kappa shape index (κ3) is 3.79. The molecule has 3 rings (SSSR count). The van der Waals surface area contributed by atoms with Crippen molar-refractivity contribution >= 4 is 21.6 Å². The molecule has 1 aliphatic heterocycles. The van der Waals surface area contributed by atoms with Crippen LogP contribution >= 0.6 is 0 Å². The third-order valence-electron chi connectivity index (χ3n) is 4.31. The highest BCUT2D eigenvalue weighted by atomic mass is 32.2. The van der Waals surface area contributed by atoms with Gasteiger partial charge in [-0.25, -0.2) is 13.4 Å². The maximum atomic E-state index is 12.8. The van der Waals surface area contributed by atoms with E-state index >= 15 is 0 Å². The van der Waals surface area contributed by atoms with Crippen LogP contribution in [0.4, 0.5) is 5.82 Å². The first-order valence-corrected chi connectivity index (χ1v) is 9.86. The van der Waals surface area contributed by atoms with E-state index < -0.39 is 9.84 Å². The number of piperazine rings is 1. The first-order valence-electron chi connectivity index (χ1n) is 7.97. The summed E-state index contributed by atoms with van der Waals surface area (Å²) in [6.07, 6.45) is 6.12. The number of carbonyl (C=O) groups is 1. The van der Waals surface area contributed by atoms with Crippen LogP contribution in [0.1, 0.15) is 15.9 Å². The van der Waals surface area contributed by atoms with Gasteiger partial charge in [-0.15, -0.1) is 0 Å². The van der Waals surface area contributed by atoms with Crippen molar-refractivity contribution in [2.75, 3.05) is 37.3 Å². The standard InChI is InChI=1S/C17H20N4O3S/c1-13-3-4-14(25(2,23)24)11-15(13)17(22)21-9-7-20(8-10-21)16-12-18-5-6-19-16/h3-6,11-12H,7-10H2,1-2H3. The van der Waals surface area contributed by atoms with Crippen LogP contribution in [0.2, 0.25) is 0 Å². The number of rotatable bonds is 3. The first-order chi connectivity index (χ1) is 11.9. The van der Waals surface area contributed by atoms with E-state index in [2.05, 4.69) is 14.9 Å². The van der Waals surface area contributed by atoms with Gasteiger partial charge in [0.1, 0.15) is 5.82 Å². The van der Waals surface area contributed by atoms with Gasteiger partial charge in [0.15, 0.2) is 9.84 Å². The topological polar surface area (TPSA) is 83.5 Å². The number of aryl methyl sites for hydroxylation is 1. The van der Waals surface area contributed by atoms with Crippen molar-refractivity contribution in [1.82, 2.24) is 14.9 Å². The summed E-state index contributed by atoms with van der Waals surface area (Å²) in [5.74, 6) is 0.659. The van der Waals surface area contributed by atoms with Crippen LogP contribution in [0.25, 0.3) is 0 Å². The van der Waals surface area contributed by atoms with E-state index in [1.165, 1.54) is 12.1 Å². The van der Waals surface area contributed by atoms with Gasteiger partial charge in [-0.3, -0.25) is 9.78 Å². The summed E-state index contributed by atoms with van der Waals surface area (Å²) in [5.41, 5.74) is 1.21. The molecule has 1 aliphatic rings. The lowest BCUT2D eigenvalue weighted by molar-refractivity contribution is 0.0745. The van der Waals surface area contributed by atoms with E-state index in [9.17, 15) is 13.2 Å². The summed E-state index contributed by atoms with van der Waals surface area (Å²) in [4.78, 5) is 25.2. The minimum atomic E-state index is -3.35. The monoisotopic (exact) mass is 360 g/mol. The Hall–Kier alpha value is -2.48. The number of carbonyl (C=O) groups excluding carboxylic acids is 1. The molecule has 132 valence electrons. The Bertz CT molecular complexity index is 876. The zero-order chi connectivity index (χ0) is 18.0. The summed E-state index contributed by atoms with van der Waals surface area (Å²) in [5, 5.41) is 0. The molecule has 8 heteroatoms. The van der Waals surface area contributed by atoms with Crippen LogP contribution in [0, 0.1) is 6.92 Å². The Labute approximate surface area is 147 Å². The molecule has 0 N–H and O–H groups in total. The molecule has 2 heterocycles. The molecule has 7 nitrogen and oxygen atoms in total. The second kappa shape index (κ2) is 6.79. The Balaban J connectivity index is 1.75. The fraction of sp³-hybridized carbons (Fsp3) is 0.353. The number of benzene rings is 1. The van der Waals surface area contributed by atoms with Crippen molar-refractivity contribution < 1.29 is 13.2 Å². The summed E-state index contributed by atoms with van der Waals surface area (Å²) < 4.78 is 23.5. The molecule has 0 atom stereocenters. The third-order valence-corrected chi connectivity index (χ3v) is 5.42. The van der Waals surface area contributed by atoms with Crippen molar-refractivity contribution in [2.24, 2.45) is 0 Å². The van der Waals surface area contributed by atoms with E-state index in [0.717, 1.165) is 17.6 Å². The summed E-state index contributed by atoms with van der Waals surface area (Å²) >= 11 is 0. The largest absolute Gasteiger partial charge is 0.352 e. The van der Waals surface area contributed by atoms with Crippen LogP contribution in [0.15, 0.2) is 41.7 Å². The zero-order valence-corrected chi connectivity index (χ0v) is 15.0. The Kier molecular flexibility index (Phi) is 4.71. The Morgan fingerprint density at radius 1 is 1.12 bits per heavy atom. The minimum absolute atomic E-state index is 0.137. The molecule has 1 fully saturated rings. The molecule has 0 spiro atoms. The highest BCUT2D eigenvalue weighted by Gasteiger charge is 2.24. The smallest absolute Gasteiger partial charge is 0.254 e. The molecule has 0 radical (unpaired) electrons. The van der Waals surface area contributed by atoms with Gasteiger partial charge in [0, 0.05) is 50.4 Å². The van der Waals surface area contributed by atoms with Gasteiger partial charge in [-0.05, 0) is 24.6 Å². The molecule has 1 saturated heterocycles. The number of nitrogens with zero attached hydrogens (tertiary/aromatic N) is 4. The van der Waals surface area contributed by atoms with Gasteiger partial charge >= 0.3 is 0 Å². The lowest BCUT2D eigenvalue weighted by atomic mass is 10.1. The Morgan fingerprint density at radius 2 is 1.84 bits per heavy atom. The maximum Gasteiger partial charge on any atom is 0.254 e. The Morgan fingerprint density at radius 3 is 2.44 bits per heavy atom. The molecule has 0 unspecified atom stereocenters. The van der Waals surface area contributed by atoms with Crippen molar-refractivity contribution in [3.63, 3.8) is 0 Å². The van der Waals surface area contributed by atoms with Crippen molar-refractivity contribution in [3.05, 3.63) is 47.9 Å². The molecule has 1 aromatic heterocycles. The van der Waals surface area contributed by atoms with Crippen LogP contribution in [0.3, 0.4) is 0 Å². The fourth-order valence-electron chi connectivity index (χ4n) is 2.83. The van der Waals surface area contributed by atoms with Crippen LogP contribution in [-0.2, 0) is 9.84 Å². The minimum Gasteiger partial charge on any atom is -0.352 e. The molecule has 0 bridgehead atoms. The first kappa shape index (κ1) is 17.3. The predicted molar refractivity (Wildman–Crippen MR) is 94.4 cm³/mol. The average Bonchev–Trinajstić information content (AvgIpc) is 2.61. The van der Waals surface area contributed by atoms with E-state index in [1.807, 2.05) is 6.92 Å². The summed E-state index contributed by atoms with van der Waals surface area (Å²) in [6, 6.07) is 4.69. The highest BCUT2D eigenvalue weighted by Crippen LogP contribution is 2.19. The van der Waals surface area contributed by atoms with Crippen LogP contribution < -0.4 is 4.90 Å². The molecule has 1 amide bonds. The molecule has 1 aromatic carbocycles. The highest BCUT2D eigenvalue weighted by molar-refractivity contribution is 7.90. The summed E-state index contributed by atoms with van der Waals surface area (Å²) in [7, 11) is -3.35. The molecule has 0 saturated carbocycles. The van der Waals surface area contributed by atoms with Crippen molar-refractivity contribution in [2.45, 2.75) is 11.8 Å². The van der Waals surface area contributed by atoms with Gasteiger partial charge in [-0.1, -0.05) is 6.07 Å². The van der Waals surface area contributed by atoms with Gasteiger partial charge < -0.3 is 9.80 Å². The predicted octanol–water partition coefficient (Wildman–Crippen LogP) is 1.15. The van der Waals surface area contributed by atoms with E-state index in [-0.39, 0.29) is 10.8 Å². The van der Waals surface area contributed by atoms with Gasteiger partial charge in [0.25, 0.3) is 5.91 Å². The molecular formula is C17H20N4O3S. The lowest BCUT2D eigenvalue weighted by Crippen LogP contribution is -2.49. The molecule has 2 aromatic rings.